The van der Waals surface area contributed by atoms with Gasteiger partial charge in [-0.1, -0.05) is 31.4 Å². The van der Waals surface area contributed by atoms with Crippen molar-refractivity contribution in [1.29, 1.82) is 0 Å². The van der Waals surface area contributed by atoms with E-state index in [-0.39, 0.29) is 29.1 Å². The lowest BCUT2D eigenvalue weighted by molar-refractivity contribution is -0.0440. The number of pyridine rings is 1. The zero-order valence-corrected chi connectivity index (χ0v) is 19.5. The van der Waals surface area contributed by atoms with Crippen LogP contribution in [0.15, 0.2) is 53.6 Å². The smallest absolute Gasteiger partial charge is 0.259 e. The fourth-order valence-corrected chi connectivity index (χ4v) is 6.33. The van der Waals surface area contributed by atoms with Gasteiger partial charge in [-0.15, -0.1) is 0 Å². The number of hydrogen-bond donors (Lipinski definition) is 0. The van der Waals surface area contributed by atoms with Gasteiger partial charge in [0.2, 0.25) is 10.0 Å². The summed E-state index contributed by atoms with van der Waals surface area (Å²) in [6, 6.07) is 12.0. The van der Waals surface area contributed by atoms with Crippen molar-refractivity contribution >= 4 is 21.7 Å². The van der Waals surface area contributed by atoms with E-state index in [1.165, 1.54) is 16.8 Å². The van der Waals surface area contributed by atoms with E-state index in [9.17, 15) is 13.2 Å². The van der Waals surface area contributed by atoms with Crippen molar-refractivity contribution in [2.24, 2.45) is 0 Å². The van der Waals surface area contributed by atoms with E-state index in [0.717, 1.165) is 25.7 Å². The van der Waals surface area contributed by atoms with Crippen LogP contribution in [0.4, 0.5) is 5.82 Å². The van der Waals surface area contributed by atoms with E-state index in [2.05, 4.69) is 4.98 Å². The second kappa shape index (κ2) is 9.68. The average Bonchev–Trinajstić information content (AvgIpc) is 2.80. The Morgan fingerprint density at radius 1 is 1.03 bits per heavy atom. The molecular weight excluding hydrogens is 426 g/mol. The number of benzene rings is 1. The standard InChI is InChI=1S/C24H31N3O4S/c1-18-16-26(17-19(2)31-18)32(29,30)22-12-8-9-20(15-22)24(28)27(21-10-4-3-5-11-21)23-13-6-7-14-25-23/h6-9,12-15,18-19,21H,3-5,10-11,16-17H2,1-2H3. The van der Waals surface area contributed by atoms with Crippen molar-refractivity contribution < 1.29 is 17.9 Å². The number of sulfonamides is 1. The molecule has 0 N–H and O–H groups in total. The van der Waals surface area contributed by atoms with Crippen molar-refractivity contribution in [1.82, 2.24) is 9.29 Å². The molecular formula is C24H31N3O4S. The molecule has 1 saturated heterocycles. The molecule has 2 atom stereocenters. The van der Waals surface area contributed by atoms with Gasteiger partial charge in [-0.2, -0.15) is 4.31 Å². The van der Waals surface area contributed by atoms with Gasteiger partial charge in [-0.25, -0.2) is 13.4 Å². The van der Waals surface area contributed by atoms with E-state index in [0.29, 0.717) is 24.5 Å². The van der Waals surface area contributed by atoms with Gasteiger partial charge in [-0.05, 0) is 57.0 Å². The van der Waals surface area contributed by atoms with Crippen molar-refractivity contribution in [3.05, 3.63) is 54.2 Å². The van der Waals surface area contributed by atoms with Gasteiger partial charge in [0, 0.05) is 30.9 Å². The van der Waals surface area contributed by atoms with E-state index in [1.54, 1.807) is 29.3 Å². The number of aromatic nitrogens is 1. The first kappa shape index (κ1) is 22.9. The van der Waals surface area contributed by atoms with Crippen LogP contribution in [-0.4, -0.2) is 55.0 Å². The third-order valence-electron chi connectivity index (χ3n) is 6.16. The number of morpholine rings is 1. The predicted octanol–water partition coefficient (Wildman–Crippen LogP) is 3.86. The molecule has 2 aromatic rings. The summed E-state index contributed by atoms with van der Waals surface area (Å²) in [5.41, 5.74) is 0.358. The number of hydrogen-bond acceptors (Lipinski definition) is 5. The van der Waals surface area contributed by atoms with Crippen molar-refractivity contribution in [3.63, 3.8) is 0 Å². The van der Waals surface area contributed by atoms with Gasteiger partial charge in [0.25, 0.3) is 5.91 Å². The third kappa shape index (κ3) is 4.87. The Labute approximate surface area is 190 Å². The Balaban J connectivity index is 1.65. The molecule has 1 saturated carbocycles. The summed E-state index contributed by atoms with van der Waals surface area (Å²) in [7, 11) is -3.73. The largest absolute Gasteiger partial charge is 0.373 e. The second-order valence-corrected chi connectivity index (χ2v) is 10.7. The number of anilines is 1. The highest BCUT2D eigenvalue weighted by molar-refractivity contribution is 7.89. The average molecular weight is 458 g/mol. The summed E-state index contributed by atoms with van der Waals surface area (Å²) < 4.78 is 33.8. The SMILES string of the molecule is CC1CN(S(=O)(=O)c2cccc(C(=O)N(c3ccccn3)C3CCCCC3)c2)CC(C)O1. The van der Waals surface area contributed by atoms with Gasteiger partial charge in [-0.3, -0.25) is 9.69 Å². The summed E-state index contributed by atoms with van der Waals surface area (Å²) in [4.78, 5) is 20.0. The monoisotopic (exact) mass is 457 g/mol. The zero-order chi connectivity index (χ0) is 22.7. The molecule has 1 amide bonds. The maximum Gasteiger partial charge on any atom is 0.259 e. The van der Waals surface area contributed by atoms with E-state index < -0.39 is 10.0 Å². The Hall–Kier alpha value is -2.29. The topological polar surface area (TPSA) is 79.8 Å². The number of carbonyl (C=O) groups is 1. The van der Waals surface area contributed by atoms with Crippen LogP contribution in [0.1, 0.15) is 56.3 Å². The summed E-state index contributed by atoms with van der Waals surface area (Å²) >= 11 is 0. The van der Waals surface area contributed by atoms with Crippen LogP contribution in [0.5, 0.6) is 0 Å². The lowest BCUT2D eigenvalue weighted by Crippen LogP contribution is -2.48. The molecule has 8 heteroatoms. The van der Waals surface area contributed by atoms with Crippen molar-refractivity contribution in [3.8, 4) is 0 Å². The summed E-state index contributed by atoms with van der Waals surface area (Å²) in [5, 5.41) is 0. The van der Waals surface area contributed by atoms with Crippen LogP contribution in [0.3, 0.4) is 0 Å². The Bertz CT molecular complexity index is 1030. The molecule has 0 bridgehead atoms. The van der Waals surface area contributed by atoms with Crippen LogP contribution in [0, 0.1) is 0 Å². The maximum atomic E-state index is 13.7. The molecule has 4 rings (SSSR count). The van der Waals surface area contributed by atoms with Crippen LogP contribution in [0.2, 0.25) is 0 Å². The molecule has 1 aromatic carbocycles. The minimum atomic E-state index is -3.73. The first-order valence-corrected chi connectivity index (χ1v) is 12.8. The fourth-order valence-electron chi connectivity index (χ4n) is 4.70. The lowest BCUT2D eigenvalue weighted by atomic mass is 9.93. The van der Waals surface area contributed by atoms with Crippen LogP contribution < -0.4 is 4.90 Å². The number of rotatable bonds is 5. The highest BCUT2D eigenvalue weighted by atomic mass is 32.2. The number of amides is 1. The van der Waals surface area contributed by atoms with Crippen molar-refractivity contribution in [2.45, 2.75) is 69.1 Å². The minimum Gasteiger partial charge on any atom is -0.373 e. The van der Waals surface area contributed by atoms with Gasteiger partial charge >= 0.3 is 0 Å². The molecule has 2 heterocycles. The Morgan fingerprint density at radius 2 is 1.75 bits per heavy atom. The van der Waals surface area contributed by atoms with Crippen LogP contribution >= 0.6 is 0 Å². The van der Waals surface area contributed by atoms with Crippen molar-refractivity contribution in [2.75, 3.05) is 18.0 Å². The maximum absolute atomic E-state index is 13.7. The molecule has 7 nitrogen and oxygen atoms in total. The van der Waals surface area contributed by atoms with Crippen LogP contribution in [0.25, 0.3) is 0 Å². The molecule has 1 aromatic heterocycles. The Kier molecular flexibility index (Phi) is 6.93. The third-order valence-corrected chi connectivity index (χ3v) is 7.99. The summed E-state index contributed by atoms with van der Waals surface area (Å²) in [6.45, 7) is 4.33. The molecule has 1 aliphatic heterocycles. The van der Waals surface area contributed by atoms with Gasteiger partial charge in [0.05, 0.1) is 17.1 Å². The summed E-state index contributed by atoms with van der Waals surface area (Å²) in [5.74, 6) is 0.393. The predicted molar refractivity (Wildman–Crippen MR) is 123 cm³/mol. The molecule has 0 radical (unpaired) electrons. The van der Waals surface area contributed by atoms with Crippen LogP contribution in [-0.2, 0) is 14.8 Å². The fraction of sp³-hybridized carbons (Fsp3) is 0.500. The minimum absolute atomic E-state index is 0.0624. The summed E-state index contributed by atoms with van der Waals surface area (Å²) in [6.07, 6.45) is 6.48. The lowest BCUT2D eigenvalue weighted by Gasteiger charge is -2.35. The first-order chi connectivity index (χ1) is 15.4. The van der Waals surface area contributed by atoms with E-state index in [4.69, 9.17) is 4.74 Å². The first-order valence-electron chi connectivity index (χ1n) is 11.4. The number of nitrogens with zero attached hydrogens (tertiary/aromatic N) is 3. The quantitative estimate of drug-likeness (QED) is 0.681. The highest BCUT2D eigenvalue weighted by Crippen LogP contribution is 2.29. The van der Waals surface area contributed by atoms with Gasteiger partial charge < -0.3 is 4.74 Å². The number of carbonyl (C=O) groups excluding carboxylic acids is 1. The Morgan fingerprint density at radius 3 is 2.41 bits per heavy atom. The van der Waals surface area contributed by atoms with E-state index >= 15 is 0 Å². The molecule has 1 aliphatic carbocycles. The molecule has 2 fully saturated rings. The normalized spacial score (nSPS) is 23.1. The van der Waals surface area contributed by atoms with Gasteiger partial charge in [0.1, 0.15) is 5.82 Å². The highest BCUT2D eigenvalue weighted by Gasteiger charge is 2.33. The molecule has 32 heavy (non-hydrogen) atoms. The molecule has 2 unspecified atom stereocenters. The molecule has 172 valence electrons. The zero-order valence-electron chi connectivity index (χ0n) is 18.7. The molecule has 0 spiro atoms. The second-order valence-electron chi connectivity index (χ2n) is 8.76. The van der Waals surface area contributed by atoms with Gasteiger partial charge in [0.15, 0.2) is 0 Å². The number of ether oxygens (including phenoxy) is 1. The van der Waals surface area contributed by atoms with E-state index in [1.807, 2.05) is 32.0 Å². The molecule has 2 aliphatic rings.